The first-order valence-electron chi connectivity index (χ1n) is 5.89. The Labute approximate surface area is 101 Å². The first-order chi connectivity index (χ1) is 8.22. The molecule has 2 rings (SSSR count). The lowest BCUT2D eigenvalue weighted by Gasteiger charge is -2.25. The number of carbonyl (C=O) groups is 1. The quantitative estimate of drug-likeness (QED) is 0.854. The number of nitrogens with two attached hydrogens (primary N) is 1. The monoisotopic (exact) mass is 234 g/mol. The average molecular weight is 234 g/mol. The third kappa shape index (κ3) is 2.58. The van der Waals surface area contributed by atoms with Crippen LogP contribution in [0.15, 0.2) is 24.3 Å². The zero-order valence-electron chi connectivity index (χ0n) is 10.1. The van der Waals surface area contributed by atoms with Crippen molar-refractivity contribution >= 4 is 5.91 Å². The first kappa shape index (κ1) is 11.9. The van der Waals surface area contributed by atoms with Crippen molar-refractivity contribution < 1.29 is 9.53 Å². The van der Waals surface area contributed by atoms with E-state index in [-0.39, 0.29) is 11.9 Å². The van der Waals surface area contributed by atoms with Crippen molar-refractivity contribution in [1.82, 2.24) is 4.90 Å². The van der Waals surface area contributed by atoms with Gasteiger partial charge in [-0.05, 0) is 43.6 Å². The third-order valence-corrected chi connectivity index (χ3v) is 3.21. The van der Waals surface area contributed by atoms with E-state index in [9.17, 15) is 4.79 Å². The molecule has 0 saturated carbocycles. The summed E-state index contributed by atoms with van der Waals surface area (Å²) in [5.74, 6) is 0.510. The molecule has 0 spiro atoms. The highest BCUT2D eigenvalue weighted by atomic mass is 16.5. The standard InChI is InChI=1S/C13H18N2O2/c1-17-11-6-4-10(5-7-11)12(13(14)16)15-8-2-3-9-15/h4-7,12H,2-3,8-9H2,1H3,(H2,14,16)/t12-/m0/s1. The normalized spacial score (nSPS) is 17.9. The summed E-state index contributed by atoms with van der Waals surface area (Å²) in [5.41, 5.74) is 6.45. The van der Waals surface area contributed by atoms with Crippen LogP contribution < -0.4 is 10.5 Å². The number of likely N-dealkylation sites (tertiary alicyclic amines) is 1. The number of nitrogens with zero attached hydrogens (tertiary/aromatic N) is 1. The fraction of sp³-hybridized carbons (Fsp3) is 0.462. The van der Waals surface area contributed by atoms with Crippen LogP contribution in [0.1, 0.15) is 24.4 Å². The molecule has 0 aliphatic carbocycles. The van der Waals surface area contributed by atoms with Crippen LogP contribution in [0.25, 0.3) is 0 Å². The van der Waals surface area contributed by atoms with Gasteiger partial charge in [-0.3, -0.25) is 9.69 Å². The van der Waals surface area contributed by atoms with Crippen molar-refractivity contribution in [1.29, 1.82) is 0 Å². The van der Waals surface area contributed by atoms with Crippen LogP contribution in [0.5, 0.6) is 5.75 Å². The SMILES string of the molecule is COc1ccc([C@@H](C(N)=O)N2CCCC2)cc1. The van der Waals surface area contributed by atoms with E-state index in [0.29, 0.717) is 0 Å². The zero-order valence-corrected chi connectivity index (χ0v) is 10.1. The lowest BCUT2D eigenvalue weighted by atomic mass is 10.0. The fourth-order valence-corrected chi connectivity index (χ4v) is 2.34. The summed E-state index contributed by atoms with van der Waals surface area (Å²) in [6.45, 7) is 1.89. The van der Waals surface area contributed by atoms with Crippen LogP contribution in [-0.4, -0.2) is 31.0 Å². The number of hydrogen-bond donors (Lipinski definition) is 1. The first-order valence-corrected chi connectivity index (χ1v) is 5.89. The zero-order chi connectivity index (χ0) is 12.3. The van der Waals surface area contributed by atoms with Gasteiger partial charge in [0.25, 0.3) is 0 Å². The molecular formula is C13H18N2O2. The van der Waals surface area contributed by atoms with E-state index in [2.05, 4.69) is 4.90 Å². The van der Waals surface area contributed by atoms with E-state index < -0.39 is 0 Å². The Kier molecular flexibility index (Phi) is 3.64. The van der Waals surface area contributed by atoms with E-state index in [0.717, 1.165) is 37.2 Å². The van der Waals surface area contributed by atoms with Gasteiger partial charge < -0.3 is 10.5 Å². The second kappa shape index (κ2) is 5.19. The highest BCUT2D eigenvalue weighted by Crippen LogP contribution is 2.26. The topological polar surface area (TPSA) is 55.6 Å². The van der Waals surface area contributed by atoms with Crippen LogP contribution in [-0.2, 0) is 4.79 Å². The van der Waals surface area contributed by atoms with Crippen LogP contribution in [0, 0.1) is 0 Å². The number of rotatable bonds is 4. The average Bonchev–Trinajstić information content (AvgIpc) is 2.83. The molecule has 1 aromatic rings. The number of amides is 1. The smallest absolute Gasteiger partial charge is 0.239 e. The van der Waals surface area contributed by atoms with Crippen molar-refractivity contribution in [3.8, 4) is 5.75 Å². The maximum Gasteiger partial charge on any atom is 0.239 e. The van der Waals surface area contributed by atoms with Gasteiger partial charge in [0.1, 0.15) is 11.8 Å². The molecule has 1 aromatic carbocycles. The minimum atomic E-state index is -0.302. The molecule has 0 radical (unpaired) electrons. The predicted molar refractivity (Wildman–Crippen MR) is 65.7 cm³/mol. The van der Waals surface area contributed by atoms with Gasteiger partial charge in [-0.15, -0.1) is 0 Å². The van der Waals surface area contributed by atoms with Crippen LogP contribution in [0.4, 0.5) is 0 Å². The number of benzene rings is 1. The van der Waals surface area contributed by atoms with Crippen LogP contribution in [0.3, 0.4) is 0 Å². The van der Waals surface area contributed by atoms with Crippen LogP contribution in [0.2, 0.25) is 0 Å². The molecule has 2 N–H and O–H groups in total. The molecule has 0 unspecified atom stereocenters. The predicted octanol–water partition coefficient (Wildman–Crippen LogP) is 1.32. The molecular weight excluding hydrogens is 216 g/mol. The summed E-state index contributed by atoms with van der Waals surface area (Å²) in [5, 5.41) is 0. The lowest BCUT2D eigenvalue weighted by Crippen LogP contribution is -2.35. The third-order valence-electron chi connectivity index (χ3n) is 3.21. The van der Waals surface area contributed by atoms with Crippen molar-refractivity contribution in [3.63, 3.8) is 0 Å². The van der Waals surface area contributed by atoms with Crippen molar-refractivity contribution in [3.05, 3.63) is 29.8 Å². The van der Waals surface area contributed by atoms with Crippen LogP contribution >= 0.6 is 0 Å². The van der Waals surface area contributed by atoms with E-state index in [1.165, 1.54) is 0 Å². The Morgan fingerprint density at radius 1 is 1.29 bits per heavy atom. The summed E-state index contributed by atoms with van der Waals surface area (Å²) in [6.07, 6.45) is 2.28. The van der Waals surface area contributed by atoms with Gasteiger partial charge in [-0.1, -0.05) is 12.1 Å². The largest absolute Gasteiger partial charge is 0.497 e. The van der Waals surface area contributed by atoms with E-state index in [1.807, 2.05) is 24.3 Å². The number of ether oxygens (including phenoxy) is 1. The van der Waals surface area contributed by atoms with E-state index >= 15 is 0 Å². The maximum atomic E-state index is 11.6. The van der Waals surface area contributed by atoms with Gasteiger partial charge in [-0.25, -0.2) is 0 Å². The van der Waals surface area contributed by atoms with Gasteiger partial charge in [0.05, 0.1) is 7.11 Å². The molecule has 4 heteroatoms. The summed E-state index contributed by atoms with van der Waals surface area (Å²) in [7, 11) is 1.63. The van der Waals surface area contributed by atoms with Crippen molar-refractivity contribution in [2.45, 2.75) is 18.9 Å². The molecule has 1 atom stereocenters. The molecule has 17 heavy (non-hydrogen) atoms. The Bertz CT molecular complexity index is 383. The Morgan fingerprint density at radius 3 is 2.35 bits per heavy atom. The van der Waals surface area contributed by atoms with Gasteiger partial charge >= 0.3 is 0 Å². The van der Waals surface area contributed by atoms with E-state index in [4.69, 9.17) is 10.5 Å². The summed E-state index contributed by atoms with van der Waals surface area (Å²) >= 11 is 0. The number of primary amides is 1. The molecule has 1 heterocycles. The number of hydrogen-bond acceptors (Lipinski definition) is 3. The number of methoxy groups -OCH3 is 1. The Morgan fingerprint density at radius 2 is 1.88 bits per heavy atom. The molecule has 0 aromatic heterocycles. The molecule has 1 amide bonds. The molecule has 0 bridgehead atoms. The minimum absolute atomic E-state index is 0.280. The molecule has 1 aliphatic heterocycles. The molecule has 1 aliphatic rings. The fourth-order valence-electron chi connectivity index (χ4n) is 2.34. The highest BCUT2D eigenvalue weighted by molar-refractivity contribution is 5.81. The summed E-state index contributed by atoms with van der Waals surface area (Å²) < 4.78 is 5.11. The lowest BCUT2D eigenvalue weighted by molar-refractivity contribution is -0.123. The van der Waals surface area contributed by atoms with Gasteiger partial charge in [0, 0.05) is 0 Å². The van der Waals surface area contributed by atoms with Gasteiger partial charge in [-0.2, -0.15) is 0 Å². The Balaban J connectivity index is 2.22. The molecule has 4 nitrogen and oxygen atoms in total. The summed E-state index contributed by atoms with van der Waals surface area (Å²) in [6, 6.07) is 7.24. The summed E-state index contributed by atoms with van der Waals surface area (Å²) in [4.78, 5) is 13.7. The Hall–Kier alpha value is -1.55. The molecule has 1 saturated heterocycles. The minimum Gasteiger partial charge on any atom is -0.497 e. The molecule has 92 valence electrons. The second-order valence-corrected chi connectivity index (χ2v) is 4.32. The highest BCUT2D eigenvalue weighted by Gasteiger charge is 2.27. The molecule has 1 fully saturated rings. The van der Waals surface area contributed by atoms with Gasteiger partial charge in [0.2, 0.25) is 5.91 Å². The van der Waals surface area contributed by atoms with Gasteiger partial charge in [0.15, 0.2) is 0 Å². The van der Waals surface area contributed by atoms with E-state index in [1.54, 1.807) is 7.11 Å². The second-order valence-electron chi connectivity index (χ2n) is 4.32. The van der Waals surface area contributed by atoms with Crippen molar-refractivity contribution in [2.24, 2.45) is 5.73 Å². The maximum absolute atomic E-state index is 11.6. The number of carbonyl (C=O) groups excluding carboxylic acids is 1. The van der Waals surface area contributed by atoms with Crippen molar-refractivity contribution in [2.75, 3.05) is 20.2 Å².